The Labute approximate surface area is 75.6 Å². The molecule has 0 bridgehead atoms. The molecule has 4 N–H and O–H groups in total. The van der Waals surface area contributed by atoms with Crippen molar-refractivity contribution in [3.05, 3.63) is 29.6 Å². The zero-order chi connectivity index (χ0) is 10.0. The van der Waals surface area contributed by atoms with Crippen molar-refractivity contribution in [2.75, 3.05) is 0 Å². The molecule has 3 nitrogen and oxygen atoms in total. The van der Waals surface area contributed by atoms with Gasteiger partial charge in [-0.1, -0.05) is 6.07 Å². The first kappa shape index (κ1) is 9.95. The minimum absolute atomic E-state index is 0.450. The van der Waals surface area contributed by atoms with Crippen LogP contribution in [-0.2, 0) is 0 Å². The molecule has 1 aromatic rings. The number of phenols is 1. The van der Waals surface area contributed by atoms with Crippen molar-refractivity contribution in [2.24, 2.45) is 5.73 Å². The molecule has 0 aliphatic carbocycles. The lowest BCUT2D eigenvalue weighted by Gasteiger charge is -2.15. The Balaban J connectivity index is 2.97. The van der Waals surface area contributed by atoms with E-state index in [1.807, 2.05) is 0 Å². The first-order valence-corrected chi connectivity index (χ1v) is 3.94. The molecule has 0 saturated heterocycles. The van der Waals surface area contributed by atoms with Gasteiger partial charge in [0.25, 0.3) is 0 Å². The molecular formula is C9H12FNO2. The fourth-order valence-electron chi connectivity index (χ4n) is 1.02. The molecule has 0 saturated carbocycles. The molecule has 0 aliphatic rings. The van der Waals surface area contributed by atoms with Crippen LogP contribution in [-0.4, -0.2) is 16.3 Å². The molecule has 0 unspecified atom stereocenters. The minimum Gasteiger partial charge on any atom is -0.505 e. The average molecular weight is 185 g/mol. The van der Waals surface area contributed by atoms with Crippen LogP contribution in [0.2, 0.25) is 0 Å². The molecule has 2 atom stereocenters. The molecule has 0 amide bonds. The van der Waals surface area contributed by atoms with E-state index in [2.05, 4.69) is 0 Å². The number of nitrogens with two attached hydrogens (primary N) is 1. The molecule has 72 valence electrons. The number of aliphatic hydroxyl groups excluding tert-OH is 1. The second-order valence-electron chi connectivity index (χ2n) is 2.98. The topological polar surface area (TPSA) is 66.5 Å². The summed E-state index contributed by atoms with van der Waals surface area (Å²) in [6, 6.07) is 3.16. The Morgan fingerprint density at radius 1 is 1.46 bits per heavy atom. The van der Waals surface area contributed by atoms with E-state index in [4.69, 9.17) is 15.9 Å². The van der Waals surface area contributed by atoms with Crippen LogP contribution in [0.5, 0.6) is 5.75 Å². The molecule has 0 radical (unpaired) electrons. The van der Waals surface area contributed by atoms with Crippen LogP contribution >= 0.6 is 0 Å². The molecule has 0 spiro atoms. The second-order valence-corrected chi connectivity index (χ2v) is 2.98. The van der Waals surface area contributed by atoms with Crippen molar-refractivity contribution in [3.8, 4) is 5.75 Å². The van der Waals surface area contributed by atoms with E-state index in [1.54, 1.807) is 0 Å². The van der Waals surface area contributed by atoms with E-state index in [0.29, 0.717) is 5.56 Å². The Hall–Kier alpha value is -1.13. The largest absolute Gasteiger partial charge is 0.505 e. The monoisotopic (exact) mass is 185 g/mol. The van der Waals surface area contributed by atoms with Crippen LogP contribution in [0.3, 0.4) is 0 Å². The summed E-state index contributed by atoms with van der Waals surface area (Å²) in [4.78, 5) is 0. The third-order valence-corrected chi connectivity index (χ3v) is 1.87. The number of hydrogen-bond acceptors (Lipinski definition) is 3. The summed E-state index contributed by atoms with van der Waals surface area (Å²) in [7, 11) is 0. The Morgan fingerprint density at radius 3 is 2.54 bits per heavy atom. The van der Waals surface area contributed by atoms with Gasteiger partial charge in [-0.25, -0.2) is 4.39 Å². The molecule has 13 heavy (non-hydrogen) atoms. The fraction of sp³-hybridized carbons (Fsp3) is 0.333. The molecular weight excluding hydrogens is 173 g/mol. The Bertz CT molecular complexity index is 302. The maximum Gasteiger partial charge on any atom is 0.164 e. The predicted molar refractivity (Wildman–Crippen MR) is 46.7 cm³/mol. The Kier molecular flexibility index (Phi) is 2.85. The van der Waals surface area contributed by atoms with Crippen molar-refractivity contribution >= 4 is 0 Å². The minimum atomic E-state index is -0.732. The number of hydrogen-bond donors (Lipinski definition) is 3. The van der Waals surface area contributed by atoms with E-state index in [0.717, 1.165) is 6.07 Å². The SMILES string of the molecule is C[C@@H](O)[C@H](N)c1ccc(F)c(O)c1. The smallest absolute Gasteiger partial charge is 0.164 e. The number of benzene rings is 1. The van der Waals surface area contributed by atoms with Gasteiger partial charge < -0.3 is 15.9 Å². The lowest BCUT2D eigenvalue weighted by Crippen LogP contribution is -2.23. The van der Waals surface area contributed by atoms with Crippen LogP contribution in [0.25, 0.3) is 0 Å². The van der Waals surface area contributed by atoms with E-state index >= 15 is 0 Å². The van der Waals surface area contributed by atoms with Crippen molar-refractivity contribution in [1.29, 1.82) is 0 Å². The molecule has 4 heteroatoms. The molecule has 1 rings (SSSR count). The molecule has 0 aliphatic heterocycles. The van der Waals surface area contributed by atoms with Crippen LogP contribution in [0.4, 0.5) is 4.39 Å². The summed E-state index contributed by atoms with van der Waals surface area (Å²) >= 11 is 0. The van der Waals surface area contributed by atoms with Gasteiger partial charge >= 0.3 is 0 Å². The van der Waals surface area contributed by atoms with Gasteiger partial charge in [0.1, 0.15) is 0 Å². The van der Waals surface area contributed by atoms with Crippen LogP contribution in [0, 0.1) is 5.82 Å². The third kappa shape index (κ3) is 2.17. The lowest BCUT2D eigenvalue weighted by atomic mass is 10.0. The Morgan fingerprint density at radius 2 is 2.08 bits per heavy atom. The van der Waals surface area contributed by atoms with Gasteiger partial charge in [-0.2, -0.15) is 0 Å². The van der Waals surface area contributed by atoms with E-state index in [9.17, 15) is 4.39 Å². The van der Waals surface area contributed by atoms with Crippen LogP contribution in [0.15, 0.2) is 18.2 Å². The maximum atomic E-state index is 12.6. The molecule has 1 aromatic carbocycles. The summed E-state index contributed by atoms with van der Waals surface area (Å²) in [5.41, 5.74) is 6.08. The highest BCUT2D eigenvalue weighted by atomic mass is 19.1. The summed E-state index contributed by atoms with van der Waals surface area (Å²) in [6.45, 7) is 1.53. The first-order chi connectivity index (χ1) is 6.02. The summed E-state index contributed by atoms with van der Waals surface area (Å²) in [5.74, 6) is -1.14. The van der Waals surface area contributed by atoms with Crippen LogP contribution < -0.4 is 5.73 Å². The van der Waals surface area contributed by atoms with Crippen molar-refractivity contribution in [2.45, 2.75) is 19.1 Å². The van der Waals surface area contributed by atoms with Gasteiger partial charge in [0, 0.05) is 0 Å². The second kappa shape index (κ2) is 3.72. The normalized spacial score (nSPS) is 15.4. The van der Waals surface area contributed by atoms with Crippen LogP contribution in [0.1, 0.15) is 18.5 Å². The highest BCUT2D eigenvalue weighted by Gasteiger charge is 2.13. The summed E-state index contributed by atoms with van der Waals surface area (Å²) < 4.78 is 12.6. The molecule has 0 fully saturated rings. The summed E-state index contributed by atoms with van der Waals surface area (Å²) in [6.07, 6.45) is -0.732. The number of phenolic OH excluding ortho intramolecular Hbond substituents is 1. The first-order valence-electron chi connectivity index (χ1n) is 3.94. The molecule has 0 heterocycles. The highest BCUT2D eigenvalue weighted by Crippen LogP contribution is 2.21. The highest BCUT2D eigenvalue weighted by molar-refractivity contribution is 5.31. The van der Waals surface area contributed by atoms with Gasteiger partial charge in [0.15, 0.2) is 11.6 Å². The van der Waals surface area contributed by atoms with Gasteiger partial charge in [-0.05, 0) is 24.6 Å². The quantitative estimate of drug-likeness (QED) is 0.641. The summed E-state index contributed by atoms with van der Waals surface area (Å²) in [5, 5.41) is 18.2. The number of halogens is 1. The molecule has 0 aromatic heterocycles. The zero-order valence-electron chi connectivity index (χ0n) is 7.24. The van der Waals surface area contributed by atoms with Gasteiger partial charge in [0.2, 0.25) is 0 Å². The average Bonchev–Trinajstić information content (AvgIpc) is 2.08. The van der Waals surface area contributed by atoms with Gasteiger partial charge in [-0.3, -0.25) is 0 Å². The maximum absolute atomic E-state index is 12.6. The number of aromatic hydroxyl groups is 1. The standard InChI is InChI=1S/C9H12FNO2/c1-5(12)9(11)6-2-3-7(10)8(13)4-6/h2-5,9,12-13H,11H2,1H3/t5-,9+/m1/s1. The zero-order valence-corrected chi connectivity index (χ0v) is 7.24. The van der Waals surface area contributed by atoms with Gasteiger partial charge in [0.05, 0.1) is 12.1 Å². The van der Waals surface area contributed by atoms with E-state index in [-0.39, 0.29) is 0 Å². The van der Waals surface area contributed by atoms with Gasteiger partial charge in [-0.15, -0.1) is 0 Å². The lowest BCUT2D eigenvalue weighted by molar-refractivity contribution is 0.164. The van der Waals surface area contributed by atoms with Crippen molar-refractivity contribution in [1.82, 2.24) is 0 Å². The fourth-order valence-corrected chi connectivity index (χ4v) is 1.02. The number of rotatable bonds is 2. The van der Waals surface area contributed by atoms with Crippen molar-refractivity contribution < 1.29 is 14.6 Å². The van der Waals surface area contributed by atoms with Crippen molar-refractivity contribution in [3.63, 3.8) is 0 Å². The number of aliphatic hydroxyl groups is 1. The van der Waals surface area contributed by atoms with E-state index < -0.39 is 23.7 Å². The van der Waals surface area contributed by atoms with E-state index in [1.165, 1.54) is 19.1 Å². The third-order valence-electron chi connectivity index (χ3n) is 1.87. The predicted octanol–water partition coefficient (Wildman–Crippen LogP) is 0.912.